The highest BCUT2D eigenvalue weighted by molar-refractivity contribution is 9.10. The standard InChI is InChI=1S/C13H11BrFN3S/c1-7-5-19-6-8(7)4-18-12-2-9(14)10(15)3-11(12)17-13(18)16/h2-3,5-6H,4H2,1H3,(H2,16,17). The second-order valence-electron chi connectivity index (χ2n) is 4.39. The van der Waals surface area contributed by atoms with Crippen molar-refractivity contribution in [3.8, 4) is 0 Å². The van der Waals surface area contributed by atoms with Gasteiger partial charge in [0.15, 0.2) is 0 Å². The number of nitrogen functional groups attached to an aromatic ring is 1. The quantitative estimate of drug-likeness (QED) is 0.768. The summed E-state index contributed by atoms with van der Waals surface area (Å²) in [6.07, 6.45) is 0. The van der Waals surface area contributed by atoms with Crippen LogP contribution in [0.5, 0.6) is 0 Å². The molecule has 3 nitrogen and oxygen atoms in total. The number of imidazole rings is 1. The molecular formula is C13H11BrFN3S. The molecule has 19 heavy (non-hydrogen) atoms. The van der Waals surface area contributed by atoms with E-state index in [1.54, 1.807) is 17.4 Å². The van der Waals surface area contributed by atoms with Gasteiger partial charge in [0, 0.05) is 6.07 Å². The smallest absolute Gasteiger partial charge is 0.201 e. The third kappa shape index (κ3) is 2.15. The first-order chi connectivity index (χ1) is 9.06. The van der Waals surface area contributed by atoms with Crippen molar-refractivity contribution in [2.24, 2.45) is 0 Å². The van der Waals surface area contributed by atoms with E-state index in [1.807, 2.05) is 4.57 Å². The number of nitrogens with two attached hydrogens (primary N) is 1. The van der Waals surface area contributed by atoms with Crippen LogP contribution >= 0.6 is 27.3 Å². The average molecular weight is 340 g/mol. The monoisotopic (exact) mass is 339 g/mol. The summed E-state index contributed by atoms with van der Waals surface area (Å²) in [6, 6.07) is 3.11. The van der Waals surface area contributed by atoms with Crippen LogP contribution in [0.25, 0.3) is 11.0 Å². The first kappa shape index (κ1) is 12.6. The first-order valence-electron chi connectivity index (χ1n) is 5.68. The van der Waals surface area contributed by atoms with E-state index in [4.69, 9.17) is 5.73 Å². The number of benzene rings is 1. The maximum Gasteiger partial charge on any atom is 0.201 e. The lowest BCUT2D eigenvalue weighted by Gasteiger charge is -2.06. The lowest BCUT2D eigenvalue weighted by molar-refractivity contribution is 0.622. The molecule has 0 saturated heterocycles. The summed E-state index contributed by atoms with van der Waals surface area (Å²) < 4.78 is 15.8. The van der Waals surface area contributed by atoms with Crippen molar-refractivity contribution in [2.45, 2.75) is 13.5 Å². The predicted octanol–water partition coefficient (Wildman–Crippen LogP) is 3.94. The van der Waals surface area contributed by atoms with Gasteiger partial charge in [0.25, 0.3) is 0 Å². The van der Waals surface area contributed by atoms with Gasteiger partial charge in [0.1, 0.15) is 5.82 Å². The molecule has 0 fully saturated rings. The number of halogens is 2. The van der Waals surface area contributed by atoms with E-state index in [0.717, 1.165) is 5.52 Å². The highest BCUT2D eigenvalue weighted by Crippen LogP contribution is 2.26. The summed E-state index contributed by atoms with van der Waals surface area (Å²) in [5.74, 6) is 0.0713. The van der Waals surface area contributed by atoms with Crippen molar-refractivity contribution in [1.29, 1.82) is 0 Å². The largest absolute Gasteiger partial charge is 0.369 e. The number of anilines is 1. The molecule has 1 aromatic carbocycles. The summed E-state index contributed by atoms with van der Waals surface area (Å²) >= 11 is 4.86. The molecule has 0 unspecified atom stereocenters. The van der Waals surface area contributed by atoms with Gasteiger partial charge in [-0.05, 0) is 50.8 Å². The Labute approximate surface area is 122 Å². The first-order valence-corrected chi connectivity index (χ1v) is 7.42. The molecule has 0 atom stereocenters. The van der Waals surface area contributed by atoms with Gasteiger partial charge in [0.05, 0.1) is 22.1 Å². The molecule has 0 aliphatic carbocycles. The normalized spacial score (nSPS) is 11.3. The Morgan fingerprint density at radius 2 is 2.21 bits per heavy atom. The Balaban J connectivity index is 2.15. The van der Waals surface area contributed by atoms with Gasteiger partial charge in [-0.2, -0.15) is 11.3 Å². The zero-order valence-corrected chi connectivity index (χ0v) is 12.6. The van der Waals surface area contributed by atoms with Crippen molar-refractivity contribution in [1.82, 2.24) is 9.55 Å². The van der Waals surface area contributed by atoms with Gasteiger partial charge in [-0.15, -0.1) is 0 Å². The molecule has 2 heterocycles. The van der Waals surface area contributed by atoms with Gasteiger partial charge >= 0.3 is 0 Å². The van der Waals surface area contributed by atoms with Crippen molar-refractivity contribution in [3.05, 3.63) is 44.3 Å². The minimum atomic E-state index is -0.330. The molecule has 98 valence electrons. The van der Waals surface area contributed by atoms with Crippen LogP contribution in [0.4, 0.5) is 10.3 Å². The van der Waals surface area contributed by atoms with Crippen molar-refractivity contribution in [3.63, 3.8) is 0 Å². The van der Waals surface area contributed by atoms with Crippen LogP contribution in [0.3, 0.4) is 0 Å². The number of aromatic nitrogens is 2. The van der Waals surface area contributed by atoms with Crippen LogP contribution in [-0.4, -0.2) is 9.55 Å². The molecule has 0 bridgehead atoms. The lowest BCUT2D eigenvalue weighted by Crippen LogP contribution is -2.04. The Bertz CT molecular complexity index is 763. The van der Waals surface area contributed by atoms with Crippen LogP contribution in [0.15, 0.2) is 27.4 Å². The minimum absolute atomic E-state index is 0.330. The highest BCUT2D eigenvalue weighted by atomic mass is 79.9. The Morgan fingerprint density at radius 1 is 1.42 bits per heavy atom. The maximum atomic E-state index is 13.5. The van der Waals surface area contributed by atoms with Crippen LogP contribution in [0, 0.1) is 12.7 Å². The summed E-state index contributed by atoms with van der Waals surface area (Å²) in [4.78, 5) is 4.21. The van der Waals surface area contributed by atoms with E-state index in [0.29, 0.717) is 22.5 Å². The van der Waals surface area contributed by atoms with Crippen molar-refractivity contribution >= 4 is 44.2 Å². The molecule has 0 saturated carbocycles. The Morgan fingerprint density at radius 3 is 2.89 bits per heavy atom. The molecule has 3 aromatic rings. The van der Waals surface area contributed by atoms with Crippen LogP contribution in [0.2, 0.25) is 0 Å². The molecule has 2 N–H and O–H groups in total. The predicted molar refractivity (Wildman–Crippen MR) is 80.0 cm³/mol. The molecule has 2 aromatic heterocycles. The maximum absolute atomic E-state index is 13.5. The molecule has 3 rings (SSSR count). The van der Waals surface area contributed by atoms with Gasteiger partial charge < -0.3 is 10.3 Å². The Hall–Kier alpha value is -1.40. The number of hydrogen-bond acceptors (Lipinski definition) is 3. The fourth-order valence-electron chi connectivity index (χ4n) is 2.02. The van der Waals surface area contributed by atoms with Crippen molar-refractivity contribution < 1.29 is 4.39 Å². The number of thiophene rings is 1. The number of aryl methyl sites for hydroxylation is 1. The van der Waals surface area contributed by atoms with Crippen molar-refractivity contribution in [2.75, 3.05) is 5.73 Å². The molecule has 0 aliphatic rings. The lowest BCUT2D eigenvalue weighted by atomic mass is 10.2. The third-order valence-corrected chi connectivity index (χ3v) is 4.63. The zero-order valence-electron chi connectivity index (χ0n) is 10.2. The molecule has 0 spiro atoms. The highest BCUT2D eigenvalue weighted by Gasteiger charge is 2.12. The van der Waals surface area contributed by atoms with Gasteiger partial charge in [-0.3, -0.25) is 0 Å². The zero-order chi connectivity index (χ0) is 13.6. The van der Waals surface area contributed by atoms with Gasteiger partial charge in [0.2, 0.25) is 5.95 Å². The van der Waals surface area contributed by atoms with E-state index in [1.165, 1.54) is 17.2 Å². The average Bonchev–Trinajstić information content (AvgIpc) is 2.88. The van der Waals surface area contributed by atoms with E-state index in [9.17, 15) is 4.39 Å². The second kappa shape index (κ2) is 4.61. The molecule has 0 amide bonds. The molecular weight excluding hydrogens is 329 g/mol. The summed E-state index contributed by atoms with van der Waals surface area (Å²) in [6.45, 7) is 2.71. The fraction of sp³-hybridized carbons (Fsp3) is 0.154. The number of nitrogens with zero attached hydrogens (tertiary/aromatic N) is 2. The third-order valence-electron chi connectivity index (χ3n) is 3.11. The topological polar surface area (TPSA) is 43.8 Å². The van der Waals surface area contributed by atoms with E-state index in [-0.39, 0.29) is 5.82 Å². The summed E-state index contributed by atoms with van der Waals surface area (Å²) in [5.41, 5.74) is 9.78. The summed E-state index contributed by atoms with van der Waals surface area (Å²) in [5, 5.41) is 4.19. The van der Waals surface area contributed by atoms with Crippen LogP contribution < -0.4 is 5.73 Å². The van der Waals surface area contributed by atoms with E-state index < -0.39 is 0 Å². The number of hydrogen-bond donors (Lipinski definition) is 1. The van der Waals surface area contributed by atoms with Gasteiger partial charge in [-0.25, -0.2) is 9.37 Å². The molecule has 0 radical (unpaired) electrons. The fourth-order valence-corrected chi connectivity index (χ4v) is 3.20. The van der Waals surface area contributed by atoms with E-state index >= 15 is 0 Å². The number of rotatable bonds is 2. The van der Waals surface area contributed by atoms with Gasteiger partial charge in [-0.1, -0.05) is 0 Å². The second-order valence-corrected chi connectivity index (χ2v) is 5.99. The summed E-state index contributed by atoms with van der Waals surface area (Å²) in [7, 11) is 0. The molecule has 0 aliphatic heterocycles. The van der Waals surface area contributed by atoms with E-state index in [2.05, 4.69) is 38.6 Å². The van der Waals surface area contributed by atoms with Crippen LogP contribution in [0.1, 0.15) is 11.1 Å². The SMILES string of the molecule is Cc1cscc1Cn1c(N)nc2cc(F)c(Br)cc21. The molecule has 6 heteroatoms. The van der Waals surface area contributed by atoms with Crippen LogP contribution in [-0.2, 0) is 6.54 Å². The number of fused-ring (bicyclic) bond motifs is 1. The minimum Gasteiger partial charge on any atom is -0.369 e. The Kier molecular flexibility index (Phi) is 3.06.